The topological polar surface area (TPSA) is 127 Å². The molecule has 160 valence electrons. The highest BCUT2D eigenvalue weighted by Gasteiger charge is 2.27. The summed E-state index contributed by atoms with van der Waals surface area (Å²) in [6.07, 6.45) is 0.307. The number of ether oxygens (including phenoxy) is 2. The molecule has 1 aromatic heterocycles. The molecule has 2 aromatic rings. The molecule has 1 aromatic carbocycles. The van der Waals surface area contributed by atoms with Crippen LogP contribution >= 0.6 is 0 Å². The molecule has 30 heavy (non-hydrogen) atoms. The Morgan fingerprint density at radius 2 is 1.97 bits per heavy atom. The van der Waals surface area contributed by atoms with Crippen molar-refractivity contribution in [2.75, 3.05) is 13.2 Å². The highest BCUT2D eigenvalue weighted by molar-refractivity contribution is 5.98. The number of hydrogen-bond donors (Lipinski definition) is 3. The molecule has 0 saturated carbocycles. The van der Waals surface area contributed by atoms with Crippen LogP contribution in [0.5, 0.6) is 11.5 Å². The van der Waals surface area contributed by atoms with Gasteiger partial charge in [0.25, 0.3) is 11.5 Å². The Hall–Kier alpha value is -3.47. The summed E-state index contributed by atoms with van der Waals surface area (Å²) in [4.78, 5) is 36.0. The zero-order valence-electron chi connectivity index (χ0n) is 15.6. The Morgan fingerprint density at radius 3 is 2.60 bits per heavy atom. The van der Waals surface area contributed by atoms with Crippen LogP contribution in [0.2, 0.25) is 0 Å². The molecule has 0 atom stereocenters. The first-order valence-electron chi connectivity index (χ1n) is 8.87. The SMILES string of the molecule is O=C(O)CNC(=O)c1c(O)c2c(n(Cc3ccc(OC(F)F)cc3)c1=O)CCOC2. The summed E-state index contributed by atoms with van der Waals surface area (Å²) in [5, 5.41) is 21.3. The third kappa shape index (κ3) is 4.57. The van der Waals surface area contributed by atoms with E-state index in [2.05, 4.69) is 10.1 Å². The van der Waals surface area contributed by atoms with E-state index < -0.39 is 41.9 Å². The van der Waals surface area contributed by atoms with Crippen LogP contribution in [0.25, 0.3) is 0 Å². The molecule has 2 heterocycles. The van der Waals surface area contributed by atoms with Gasteiger partial charge in [-0.15, -0.1) is 0 Å². The van der Waals surface area contributed by atoms with E-state index in [1.165, 1.54) is 28.8 Å². The molecule has 3 rings (SSSR count). The van der Waals surface area contributed by atoms with Gasteiger partial charge in [0, 0.05) is 17.7 Å². The summed E-state index contributed by atoms with van der Waals surface area (Å²) >= 11 is 0. The molecule has 0 radical (unpaired) electrons. The van der Waals surface area contributed by atoms with Crippen LogP contribution < -0.4 is 15.6 Å². The number of nitrogens with zero attached hydrogens (tertiary/aromatic N) is 1. The van der Waals surface area contributed by atoms with Crippen molar-refractivity contribution in [3.8, 4) is 11.5 Å². The number of nitrogens with one attached hydrogen (secondary N) is 1. The number of rotatable bonds is 7. The lowest BCUT2D eigenvalue weighted by molar-refractivity contribution is -0.135. The molecule has 0 saturated heterocycles. The van der Waals surface area contributed by atoms with Gasteiger partial charge >= 0.3 is 12.6 Å². The van der Waals surface area contributed by atoms with E-state index in [9.17, 15) is 28.3 Å². The van der Waals surface area contributed by atoms with Crippen LogP contribution in [0.1, 0.15) is 27.2 Å². The number of aromatic nitrogens is 1. The van der Waals surface area contributed by atoms with Crippen molar-refractivity contribution in [1.29, 1.82) is 0 Å². The number of alkyl halides is 2. The molecule has 0 bridgehead atoms. The highest BCUT2D eigenvalue weighted by atomic mass is 19.3. The maximum absolute atomic E-state index is 13.0. The number of carbonyl (C=O) groups is 2. The van der Waals surface area contributed by atoms with Gasteiger partial charge in [-0.25, -0.2) is 0 Å². The van der Waals surface area contributed by atoms with Gasteiger partial charge in [-0.3, -0.25) is 14.4 Å². The number of fused-ring (bicyclic) bond motifs is 1. The molecule has 1 aliphatic rings. The second-order valence-corrected chi connectivity index (χ2v) is 6.44. The predicted molar refractivity (Wildman–Crippen MR) is 97.9 cm³/mol. The van der Waals surface area contributed by atoms with Crippen LogP contribution in [0.15, 0.2) is 29.1 Å². The van der Waals surface area contributed by atoms with Crippen molar-refractivity contribution in [3.05, 3.63) is 57.0 Å². The maximum Gasteiger partial charge on any atom is 0.387 e. The normalized spacial score (nSPS) is 13.0. The van der Waals surface area contributed by atoms with Crippen molar-refractivity contribution in [2.45, 2.75) is 26.2 Å². The largest absolute Gasteiger partial charge is 0.506 e. The number of benzene rings is 1. The molecule has 9 nitrogen and oxygen atoms in total. The number of aliphatic carboxylic acids is 1. The van der Waals surface area contributed by atoms with E-state index in [-0.39, 0.29) is 24.5 Å². The number of amides is 1. The zero-order chi connectivity index (χ0) is 21.8. The molecule has 0 fully saturated rings. The molecule has 0 unspecified atom stereocenters. The van der Waals surface area contributed by atoms with Crippen LogP contribution in [0, 0.1) is 0 Å². The summed E-state index contributed by atoms with van der Waals surface area (Å²) in [6.45, 7) is -3.42. The Kier molecular flexibility index (Phi) is 6.31. The van der Waals surface area contributed by atoms with Crippen LogP contribution in [0.4, 0.5) is 8.78 Å². The summed E-state index contributed by atoms with van der Waals surface area (Å²) in [6, 6.07) is 5.63. The van der Waals surface area contributed by atoms with Crippen molar-refractivity contribution in [2.24, 2.45) is 0 Å². The van der Waals surface area contributed by atoms with Gasteiger partial charge in [-0.2, -0.15) is 8.78 Å². The minimum absolute atomic E-state index is 0.00435. The Morgan fingerprint density at radius 1 is 1.27 bits per heavy atom. The standard InChI is InChI=1S/C19H18F2N2O7/c20-19(21)30-11-3-1-10(2-4-11)8-23-13-5-6-29-9-12(13)16(26)15(18(23)28)17(27)22-7-14(24)25/h1-4,19,26H,5-9H2,(H,22,27)(H,24,25). The second-order valence-electron chi connectivity index (χ2n) is 6.44. The average Bonchev–Trinajstić information content (AvgIpc) is 2.70. The second kappa shape index (κ2) is 8.91. The van der Waals surface area contributed by atoms with Gasteiger partial charge in [0.05, 0.1) is 19.8 Å². The van der Waals surface area contributed by atoms with Crippen LogP contribution in [0.3, 0.4) is 0 Å². The van der Waals surface area contributed by atoms with Crippen molar-refractivity contribution in [3.63, 3.8) is 0 Å². The van der Waals surface area contributed by atoms with Crippen LogP contribution in [-0.4, -0.2) is 46.4 Å². The van der Waals surface area contributed by atoms with E-state index in [4.69, 9.17) is 9.84 Å². The number of hydrogen-bond acceptors (Lipinski definition) is 6. The minimum Gasteiger partial charge on any atom is -0.506 e. The Balaban J connectivity index is 2.00. The quantitative estimate of drug-likeness (QED) is 0.607. The van der Waals surface area contributed by atoms with E-state index in [1.807, 2.05) is 0 Å². The third-order valence-electron chi connectivity index (χ3n) is 4.50. The fourth-order valence-corrected chi connectivity index (χ4v) is 3.16. The molecule has 0 spiro atoms. The molecule has 1 aliphatic heterocycles. The van der Waals surface area contributed by atoms with Gasteiger partial charge in [0.1, 0.15) is 23.6 Å². The molecular weight excluding hydrogens is 406 g/mol. The summed E-state index contributed by atoms with van der Waals surface area (Å²) in [5.41, 5.74) is -0.0810. The fraction of sp³-hybridized carbons (Fsp3) is 0.316. The molecule has 11 heteroatoms. The Labute approximate surface area is 168 Å². The number of pyridine rings is 1. The van der Waals surface area contributed by atoms with Gasteiger partial charge in [0.15, 0.2) is 0 Å². The first-order valence-corrected chi connectivity index (χ1v) is 8.87. The first-order chi connectivity index (χ1) is 14.3. The van der Waals surface area contributed by atoms with E-state index >= 15 is 0 Å². The number of carboxylic acid groups (broad SMARTS) is 1. The van der Waals surface area contributed by atoms with E-state index in [0.29, 0.717) is 24.3 Å². The monoisotopic (exact) mass is 424 g/mol. The zero-order valence-corrected chi connectivity index (χ0v) is 15.6. The lowest BCUT2D eigenvalue weighted by Gasteiger charge is -2.24. The molecule has 0 aliphatic carbocycles. The number of carboxylic acids is 1. The first kappa shape index (κ1) is 21.2. The fourth-order valence-electron chi connectivity index (χ4n) is 3.16. The third-order valence-corrected chi connectivity index (χ3v) is 4.50. The summed E-state index contributed by atoms with van der Waals surface area (Å²) in [7, 11) is 0. The summed E-state index contributed by atoms with van der Waals surface area (Å²) in [5.74, 6) is -2.93. The average molecular weight is 424 g/mol. The smallest absolute Gasteiger partial charge is 0.387 e. The highest BCUT2D eigenvalue weighted by Crippen LogP contribution is 2.28. The maximum atomic E-state index is 13.0. The van der Waals surface area contributed by atoms with Gasteiger partial charge in [-0.05, 0) is 17.7 Å². The van der Waals surface area contributed by atoms with Gasteiger partial charge in [0.2, 0.25) is 0 Å². The predicted octanol–water partition coefficient (Wildman–Crippen LogP) is 1.09. The van der Waals surface area contributed by atoms with Crippen molar-refractivity contribution in [1.82, 2.24) is 9.88 Å². The van der Waals surface area contributed by atoms with E-state index in [0.717, 1.165) is 0 Å². The van der Waals surface area contributed by atoms with E-state index in [1.54, 1.807) is 0 Å². The summed E-state index contributed by atoms with van der Waals surface area (Å²) < 4.78 is 35.5. The lowest BCUT2D eigenvalue weighted by atomic mass is 10.0. The number of halogens is 2. The molecular formula is C19H18F2N2O7. The van der Waals surface area contributed by atoms with Gasteiger partial charge in [-0.1, -0.05) is 12.1 Å². The van der Waals surface area contributed by atoms with Crippen LogP contribution in [-0.2, 0) is 29.1 Å². The molecule has 1 amide bonds. The van der Waals surface area contributed by atoms with Gasteiger partial charge < -0.3 is 29.6 Å². The Bertz CT molecular complexity index is 1020. The van der Waals surface area contributed by atoms with Crippen molar-refractivity contribution < 1.29 is 38.1 Å². The molecule has 3 N–H and O–H groups in total. The van der Waals surface area contributed by atoms with Crippen molar-refractivity contribution >= 4 is 11.9 Å². The number of aromatic hydroxyl groups is 1. The minimum atomic E-state index is -2.96. The number of carbonyl (C=O) groups excluding carboxylic acids is 1. The lowest BCUT2D eigenvalue weighted by Crippen LogP contribution is -2.38.